The maximum Gasteiger partial charge on any atom is 0.239 e. The van der Waals surface area contributed by atoms with Crippen molar-refractivity contribution in [1.29, 1.82) is 0 Å². The van der Waals surface area contributed by atoms with Crippen molar-refractivity contribution in [3.63, 3.8) is 0 Å². The summed E-state index contributed by atoms with van der Waals surface area (Å²) in [6, 6.07) is 0.0384. The molecule has 1 aromatic heterocycles. The largest absolute Gasteiger partial charge is 0.339 e. The highest BCUT2D eigenvalue weighted by Gasteiger charge is 2.30. The molecule has 2 aliphatic heterocycles. The second-order valence-corrected chi connectivity index (χ2v) is 7.66. The highest BCUT2D eigenvalue weighted by atomic mass is 35.5. The predicted molar refractivity (Wildman–Crippen MR) is 103 cm³/mol. The number of amides is 1. The first-order chi connectivity index (χ1) is 10.6. The zero-order chi connectivity index (χ0) is 15.5. The van der Waals surface area contributed by atoms with Crippen molar-refractivity contribution in [2.24, 2.45) is 5.92 Å². The van der Waals surface area contributed by atoms with Gasteiger partial charge in [-0.2, -0.15) is 0 Å². The fourth-order valence-corrected chi connectivity index (χ4v) is 3.96. The van der Waals surface area contributed by atoms with Crippen molar-refractivity contribution >= 4 is 42.1 Å². The zero-order valence-corrected chi connectivity index (χ0v) is 16.8. The Morgan fingerprint density at radius 1 is 1.33 bits per heavy atom. The van der Waals surface area contributed by atoms with Crippen LogP contribution in [0.3, 0.4) is 0 Å². The first kappa shape index (κ1) is 21.6. The summed E-state index contributed by atoms with van der Waals surface area (Å²) in [5.41, 5.74) is 1.16. The molecule has 24 heavy (non-hydrogen) atoms. The van der Waals surface area contributed by atoms with Crippen LogP contribution < -0.4 is 5.32 Å². The Hall–Kier alpha value is -0.400. The number of halogens is 2. The third-order valence-electron chi connectivity index (χ3n) is 4.70. The van der Waals surface area contributed by atoms with Gasteiger partial charge in [0.2, 0.25) is 5.91 Å². The van der Waals surface area contributed by atoms with Crippen LogP contribution in [-0.4, -0.2) is 59.5 Å². The second-order valence-electron chi connectivity index (χ2n) is 6.60. The smallest absolute Gasteiger partial charge is 0.239 e. The number of carbonyl (C=O) groups excluding carboxylic acids is 1. The van der Waals surface area contributed by atoms with Gasteiger partial charge < -0.3 is 10.2 Å². The number of aromatic nitrogens is 1. The summed E-state index contributed by atoms with van der Waals surface area (Å²) in [6.07, 6.45) is 2.17. The molecule has 138 valence electrons. The lowest BCUT2D eigenvalue weighted by atomic mass is 9.93. The van der Waals surface area contributed by atoms with E-state index in [2.05, 4.69) is 27.5 Å². The lowest BCUT2D eigenvalue weighted by Crippen LogP contribution is -2.55. The van der Waals surface area contributed by atoms with Gasteiger partial charge >= 0.3 is 0 Å². The highest BCUT2D eigenvalue weighted by molar-refractivity contribution is 7.09. The van der Waals surface area contributed by atoms with Crippen LogP contribution in [0.5, 0.6) is 0 Å². The van der Waals surface area contributed by atoms with Gasteiger partial charge in [0, 0.05) is 38.1 Å². The number of nitrogens with zero attached hydrogens (tertiary/aromatic N) is 3. The molecule has 2 saturated heterocycles. The van der Waals surface area contributed by atoms with Crippen LogP contribution in [0.15, 0.2) is 5.38 Å². The van der Waals surface area contributed by atoms with Crippen LogP contribution in [0, 0.1) is 12.8 Å². The lowest BCUT2D eigenvalue weighted by molar-refractivity contribution is -0.136. The van der Waals surface area contributed by atoms with Crippen LogP contribution in [0.1, 0.15) is 30.5 Å². The quantitative estimate of drug-likeness (QED) is 0.854. The molecule has 3 heterocycles. The average molecular weight is 395 g/mol. The molecule has 2 aliphatic rings. The first-order valence-corrected chi connectivity index (χ1v) is 9.15. The Labute approximate surface area is 161 Å². The van der Waals surface area contributed by atoms with E-state index in [0.717, 1.165) is 56.4 Å². The summed E-state index contributed by atoms with van der Waals surface area (Å²) in [4.78, 5) is 21.6. The van der Waals surface area contributed by atoms with Gasteiger partial charge in [0.1, 0.15) is 0 Å². The minimum atomic E-state index is 0. The van der Waals surface area contributed by atoms with Gasteiger partial charge in [-0.25, -0.2) is 4.98 Å². The van der Waals surface area contributed by atoms with Crippen molar-refractivity contribution < 1.29 is 4.79 Å². The minimum Gasteiger partial charge on any atom is -0.339 e. The summed E-state index contributed by atoms with van der Waals surface area (Å²) in [5.74, 6) is 0.958. The summed E-state index contributed by atoms with van der Waals surface area (Å²) >= 11 is 1.71. The van der Waals surface area contributed by atoms with E-state index in [1.807, 2.05) is 11.8 Å². The summed E-state index contributed by atoms with van der Waals surface area (Å²) in [7, 11) is 0. The van der Waals surface area contributed by atoms with Crippen LogP contribution >= 0.6 is 36.2 Å². The van der Waals surface area contributed by atoms with E-state index in [9.17, 15) is 4.79 Å². The molecule has 3 rings (SSSR count). The van der Waals surface area contributed by atoms with Gasteiger partial charge in [0.05, 0.1) is 16.7 Å². The molecule has 1 N–H and O–H groups in total. The van der Waals surface area contributed by atoms with Gasteiger partial charge in [-0.1, -0.05) is 6.92 Å². The Balaban J connectivity index is 0.00000144. The number of thiazole rings is 1. The van der Waals surface area contributed by atoms with Gasteiger partial charge in [-0.15, -0.1) is 36.2 Å². The molecule has 8 heteroatoms. The Bertz CT molecular complexity index is 520. The molecule has 5 nitrogen and oxygen atoms in total. The summed E-state index contributed by atoms with van der Waals surface area (Å²) < 4.78 is 0. The van der Waals surface area contributed by atoms with Crippen molar-refractivity contribution in [2.45, 2.75) is 39.3 Å². The van der Waals surface area contributed by atoms with Gasteiger partial charge in [0.25, 0.3) is 0 Å². The molecule has 0 radical (unpaired) electrons. The fraction of sp³-hybridized carbons (Fsp3) is 0.750. The average Bonchev–Trinajstić information content (AvgIpc) is 2.92. The number of aryl methyl sites for hydroxylation is 1. The molecule has 2 fully saturated rings. The van der Waals surface area contributed by atoms with E-state index in [4.69, 9.17) is 0 Å². The molecular formula is C16H28Cl2N4OS. The number of hydrogen-bond donors (Lipinski definition) is 1. The van der Waals surface area contributed by atoms with Crippen LogP contribution in [0.4, 0.5) is 0 Å². The van der Waals surface area contributed by atoms with Crippen LogP contribution in [0.25, 0.3) is 0 Å². The number of carbonyl (C=O) groups is 1. The summed E-state index contributed by atoms with van der Waals surface area (Å²) in [6.45, 7) is 9.75. The number of nitrogens with one attached hydrogen (secondary N) is 1. The Morgan fingerprint density at radius 3 is 2.62 bits per heavy atom. The topological polar surface area (TPSA) is 48.5 Å². The molecule has 0 spiro atoms. The maximum absolute atomic E-state index is 12.6. The summed E-state index contributed by atoms with van der Waals surface area (Å²) in [5, 5.41) is 6.65. The molecule has 0 bridgehead atoms. The fourth-order valence-electron chi connectivity index (χ4n) is 3.35. The van der Waals surface area contributed by atoms with Gasteiger partial charge in [-0.05, 0) is 32.2 Å². The molecule has 0 aromatic carbocycles. The second kappa shape index (κ2) is 9.92. The van der Waals surface area contributed by atoms with E-state index in [1.165, 1.54) is 6.42 Å². The highest BCUT2D eigenvalue weighted by Crippen LogP contribution is 2.18. The number of hydrogen-bond acceptors (Lipinski definition) is 5. The molecule has 1 amide bonds. The van der Waals surface area contributed by atoms with Crippen molar-refractivity contribution in [3.05, 3.63) is 16.1 Å². The van der Waals surface area contributed by atoms with Crippen LogP contribution in [-0.2, 0) is 11.3 Å². The third-order valence-corrected chi connectivity index (χ3v) is 5.52. The SMILES string of the molecule is Cc1nc(CN2CCN(C(=O)C3CC(C)CCN3)CC2)cs1.Cl.Cl. The van der Waals surface area contributed by atoms with E-state index < -0.39 is 0 Å². The van der Waals surface area contributed by atoms with Crippen molar-refractivity contribution in [3.8, 4) is 0 Å². The van der Waals surface area contributed by atoms with E-state index in [1.54, 1.807) is 11.3 Å². The first-order valence-electron chi connectivity index (χ1n) is 8.27. The Morgan fingerprint density at radius 2 is 2.04 bits per heavy atom. The molecule has 0 aliphatic carbocycles. The number of piperidine rings is 1. The van der Waals surface area contributed by atoms with Crippen LogP contribution in [0.2, 0.25) is 0 Å². The van der Waals surface area contributed by atoms with Gasteiger partial charge in [0.15, 0.2) is 0 Å². The monoisotopic (exact) mass is 394 g/mol. The molecule has 2 unspecified atom stereocenters. The van der Waals surface area contributed by atoms with E-state index in [-0.39, 0.29) is 30.9 Å². The van der Waals surface area contributed by atoms with Crippen molar-refractivity contribution in [1.82, 2.24) is 20.1 Å². The van der Waals surface area contributed by atoms with E-state index in [0.29, 0.717) is 11.8 Å². The molecule has 2 atom stereocenters. The van der Waals surface area contributed by atoms with Crippen molar-refractivity contribution in [2.75, 3.05) is 32.7 Å². The lowest BCUT2D eigenvalue weighted by Gasteiger charge is -2.37. The molecule has 1 aromatic rings. The zero-order valence-electron chi connectivity index (χ0n) is 14.4. The third kappa shape index (κ3) is 5.56. The van der Waals surface area contributed by atoms with E-state index >= 15 is 0 Å². The normalized spacial score (nSPS) is 24.8. The molecular weight excluding hydrogens is 367 g/mol. The minimum absolute atomic E-state index is 0. The molecule has 0 saturated carbocycles. The van der Waals surface area contributed by atoms with Gasteiger partial charge in [-0.3, -0.25) is 9.69 Å². The standard InChI is InChI=1S/C16H26N4OS.2ClH/c1-12-3-4-17-15(9-12)16(21)20-7-5-19(6-8-20)10-14-11-22-13(2)18-14;;/h11-12,15,17H,3-10H2,1-2H3;2*1H. The predicted octanol–water partition coefficient (Wildman–Crippen LogP) is 2.33. The maximum atomic E-state index is 12.6. The Kier molecular flexibility index (Phi) is 8.95. The number of rotatable bonds is 3. The number of piperazine rings is 1.